The van der Waals surface area contributed by atoms with Gasteiger partial charge in [0.25, 0.3) is 5.91 Å². The number of benzene rings is 1. The van der Waals surface area contributed by atoms with Gasteiger partial charge in [0.05, 0.1) is 16.1 Å². The summed E-state index contributed by atoms with van der Waals surface area (Å²) in [5, 5.41) is 12.3. The van der Waals surface area contributed by atoms with Crippen molar-refractivity contribution in [3.05, 3.63) is 41.0 Å². The molecule has 0 saturated heterocycles. The summed E-state index contributed by atoms with van der Waals surface area (Å²) in [4.78, 5) is 17.2. The Labute approximate surface area is 148 Å². The third-order valence-corrected chi connectivity index (χ3v) is 5.69. The fourth-order valence-corrected chi connectivity index (χ4v) is 3.94. The Morgan fingerprint density at radius 3 is 2.52 bits per heavy atom. The van der Waals surface area contributed by atoms with Crippen LogP contribution < -0.4 is 5.32 Å². The highest BCUT2D eigenvalue weighted by atomic mass is 32.1. The average molecular weight is 366 g/mol. The number of alkyl halides is 2. The van der Waals surface area contributed by atoms with E-state index in [1.807, 2.05) is 19.1 Å². The largest absolute Gasteiger partial charge is 0.383 e. The Morgan fingerprint density at radius 1 is 1.32 bits per heavy atom. The Bertz CT molecular complexity index is 753. The van der Waals surface area contributed by atoms with Gasteiger partial charge in [-0.05, 0) is 30.9 Å². The lowest BCUT2D eigenvalue weighted by atomic mass is 9.93. The first-order valence-electron chi connectivity index (χ1n) is 8.21. The number of aryl methyl sites for hydroxylation is 1. The zero-order chi connectivity index (χ0) is 18.1. The Morgan fingerprint density at radius 2 is 1.96 bits per heavy atom. The van der Waals surface area contributed by atoms with Crippen molar-refractivity contribution >= 4 is 17.2 Å². The Balaban J connectivity index is 1.63. The highest BCUT2D eigenvalue weighted by molar-refractivity contribution is 7.13. The van der Waals surface area contributed by atoms with E-state index < -0.39 is 17.4 Å². The minimum Gasteiger partial charge on any atom is -0.383 e. The van der Waals surface area contributed by atoms with E-state index >= 15 is 0 Å². The van der Waals surface area contributed by atoms with Crippen LogP contribution in [-0.2, 0) is 11.3 Å². The molecule has 0 unspecified atom stereocenters. The fraction of sp³-hybridized carbons (Fsp3) is 0.444. The first-order valence-corrected chi connectivity index (χ1v) is 9.09. The molecule has 1 aromatic carbocycles. The number of hydrogen-bond donors (Lipinski definition) is 2. The molecule has 1 aliphatic carbocycles. The molecule has 1 amide bonds. The summed E-state index contributed by atoms with van der Waals surface area (Å²) in [7, 11) is 0. The van der Waals surface area contributed by atoms with E-state index in [1.54, 1.807) is 17.6 Å². The van der Waals surface area contributed by atoms with Crippen LogP contribution >= 0.6 is 11.3 Å². The standard InChI is InChI=1S/C18H20F2N2O2S/c1-12-15(25-11-22-12)14-6-4-13(5-7-14)10-21-16(23)18(19,20)17(24)8-2-3-9-17/h4-7,11,24H,2-3,8-10H2,1H3,(H,21,23). The third-order valence-electron chi connectivity index (χ3n) is 4.72. The SMILES string of the molecule is Cc1ncsc1-c1ccc(CNC(=O)C(F)(F)C2(O)CCCC2)cc1. The molecule has 1 saturated carbocycles. The molecule has 3 rings (SSSR count). The maximum Gasteiger partial charge on any atom is 0.352 e. The Hall–Kier alpha value is -1.86. The van der Waals surface area contributed by atoms with Crippen LogP contribution in [-0.4, -0.2) is 27.5 Å². The first kappa shape index (κ1) is 17.9. The first-order chi connectivity index (χ1) is 11.8. The molecule has 0 atom stereocenters. The summed E-state index contributed by atoms with van der Waals surface area (Å²) in [6.45, 7) is 1.92. The molecule has 134 valence electrons. The highest BCUT2D eigenvalue weighted by Crippen LogP contribution is 2.42. The number of nitrogens with zero attached hydrogens (tertiary/aromatic N) is 1. The molecule has 0 spiro atoms. The third kappa shape index (κ3) is 3.43. The van der Waals surface area contributed by atoms with Gasteiger partial charge in [-0.1, -0.05) is 37.1 Å². The lowest BCUT2D eigenvalue weighted by Crippen LogP contribution is -2.55. The topological polar surface area (TPSA) is 62.2 Å². The maximum absolute atomic E-state index is 14.2. The molecule has 7 heteroatoms. The molecule has 1 fully saturated rings. The summed E-state index contributed by atoms with van der Waals surface area (Å²) in [5.74, 6) is -5.19. The molecule has 0 bridgehead atoms. The van der Waals surface area contributed by atoms with Crippen molar-refractivity contribution in [2.75, 3.05) is 0 Å². The number of carbonyl (C=O) groups excluding carboxylic acids is 1. The molecule has 1 heterocycles. The van der Waals surface area contributed by atoms with Gasteiger partial charge in [0.15, 0.2) is 0 Å². The quantitative estimate of drug-likeness (QED) is 0.849. The van der Waals surface area contributed by atoms with Gasteiger partial charge in [0, 0.05) is 6.54 Å². The summed E-state index contributed by atoms with van der Waals surface area (Å²) >= 11 is 1.54. The van der Waals surface area contributed by atoms with Gasteiger partial charge in [-0.25, -0.2) is 4.98 Å². The van der Waals surface area contributed by atoms with Crippen molar-refractivity contribution < 1.29 is 18.7 Å². The van der Waals surface area contributed by atoms with Crippen molar-refractivity contribution in [2.45, 2.75) is 50.7 Å². The van der Waals surface area contributed by atoms with Crippen LogP contribution in [0.3, 0.4) is 0 Å². The minimum atomic E-state index is -3.77. The van der Waals surface area contributed by atoms with Crippen molar-refractivity contribution in [1.82, 2.24) is 10.3 Å². The van der Waals surface area contributed by atoms with Crippen LogP contribution in [0.2, 0.25) is 0 Å². The summed E-state index contributed by atoms with van der Waals surface area (Å²) in [5.41, 5.74) is 2.21. The van der Waals surface area contributed by atoms with Crippen molar-refractivity contribution in [1.29, 1.82) is 0 Å². The van der Waals surface area contributed by atoms with Crippen LogP contribution in [0, 0.1) is 6.92 Å². The van der Waals surface area contributed by atoms with Crippen LogP contribution in [0.1, 0.15) is 36.9 Å². The molecule has 0 radical (unpaired) electrons. The molecule has 1 aromatic heterocycles. The van der Waals surface area contributed by atoms with E-state index in [0.29, 0.717) is 18.4 Å². The second-order valence-electron chi connectivity index (χ2n) is 6.46. The second-order valence-corrected chi connectivity index (χ2v) is 7.31. The van der Waals surface area contributed by atoms with E-state index in [2.05, 4.69) is 10.3 Å². The summed E-state index contributed by atoms with van der Waals surface area (Å²) < 4.78 is 28.5. The van der Waals surface area contributed by atoms with Gasteiger partial charge in [-0.3, -0.25) is 4.79 Å². The number of carbonyl (C=O) groups is 1. The van der Waals surface area contributed by atoms with Gasteiger partial charge < -0.3 is 10.4 Å². The zero-order valence-corrected chi connectivity index (χ0v) is 14.7. The van der Waals surface area contributed by atoms with E-state index in [9.17, 15) is 18.7 Å². The number of hydrogen-bond acceptors (Lipinski definition) is 4. The summed E-state index contributed by atoms with van der Waals surface area (Å²) in [6, 6.07) is 7.34. The highest BCUT2D eigenvalue weighted by Gasteiger charge is 2.58. The molecular weight excluding hydrogens is 346 g/mol. The van der Waals surface area contributed by atoms with Gasteiger partial charge in [0.2, 0.25) is 0 Å². The lowest BCUT2D eigenvalue weighted by molar-refractivity contribution is -0.190. The normalized spacial score (nSPS) is 16.8. The van der Waals surface area contributed by atoms with Gasteiger partial charge in [0.1, 0.15) is 5.60 Å². The molecule has 4 nitrogen and oxygen atoms in total. The van der Waals surface area contributed by atoms with Crippen LogP contribution in [0.4, 0.5) is 8.78 Å². The summed E-state index contributed by atoms with van der Waals surface area (Å²) in [6.07, 6.45) is 0.933. The predicted molar refractivity (Wildman–Crippen MR) is 92.5 cm³/mol. The second kappa shape index (κ2) is 6.80. The van der Waals surface area contributed by atoms with Crippen LogP contribution in [0.25, 0.3) is 10.4 Å². The van der Waals surface area contributed by atoms with E-state index in [0.717, 1.165) is 16.1 Å². The maximum atomic E-state index is 14.2. The van der Waals surface area contributed by atoms with Crippen molar-refractivity contribution in [3.8, 4) is 10.4 Å². The van der Waals surface area contributed by atoms with Crippen molar-refractivity contribution in [2.24, 2.45) is 0 Å². The number of thiazole rings is 1. The van der Waals surface area contributed by atoms with Crippen LogP contribution in [0.5, 0.6) is 0 Å². The fourth-order valence-electron chi connectivity index (χ4n) is 3.13. The average Bonchev–Trinajstić information content (AvgIpc) is 3.22. The van der Waals surface area contributed by atoms with E-state index in [4.69, 9.17) is 0 Å². The van der Waals surface area contributed by atoms with Gasteiger partial charge in [-0.2, -0.15) is 8.78 Å². The number of rotatable bonds is 5. The van der Waals surface area contributed by atoms with Gasteiger partial charge >= 0.3 is 5.92 Å². The zero-order valence-electron chi connectivity index (χ0n) is 13.9. The lowest BCUT2D eigenvalue weighted by Gasteiger charge is -2.30. The molecular formula is C18H20F2N2O2S. The molecule has 1 aliphatic rings. The van der Waals surface area contributed by atoms with Gasteiger partial charge in [-0.15, -0.1) is 11.3 Å². The number of aliphatic hydroxyl groups is 1. The molecule has 25 heavy (non-hydrogen) atoms. The smallest absolute Gasteiger partial charge is 0.352 e. The number of aromatic nitrogens is 1. The molecule has 2 aromatic rings. The van der Waals surface area contributed by atoms with E-state index in [-0.39, 0.29) is 19.4 Å². The van der Waals surface area contributed by atoms with E-state index in [1.165, 1.54) is 11.3 Å². The van der Waals surface area contributed by atoms with Crippen molar-refractivity contribution in [3.63, 3.8) is 0 Å². The Kier molecular flexibility index (Phi) is 4.88. The predicted octanol–water partition coefficient (Wildman–Crippen LogP) is 3.68. The molecule has 0 aliphatic heterocycles. The monoisotopic (exact) mass is 366 g/mol. The minimum absolute atomic E-state index is 0.00748. The van der Waals surface area contributed by atoms with Crippen LogP contribution in [0.15, 0.2) is 29.8 Å². The number of amides is 1. The molecule has 2 N–H and O–H groups in total. The number of halogens is 2. The number of nitrogens with one attached hydrogen (secondary N) is 1.